The Morgan fingerprint density at radius 2 is 2.00 bits per heavy atom. The molecule has 1 aromatic carbocycles. The minimum atomic E-state index is -0.752. The van der Waals surface area contributed by atoms with Crippen LogP contribution in [0.25, 0.3) is 0 Å². The summed E-state index contributed by atoms with van der Waals surface area (Å²) in [4.78, 5) is 7.39. The smallest absolute Gasteiger partial charge is 0.274 e. The maximum Gasteiger partial charge on any atom is 0.274 e. The van der Waals surface area contributed by atoms with Crippen molar-refractivity contribution in [3.05, 3.63) is 51.7 Å². The Kier molecular flexibility index (Phi) is 5.76. The molecule has 0 bridgehead atoms. The van der Waals surface area contributed by atoms with E-state index in [1.54, 1.807) is 0 Å². The third kappa shape index (κ3) is 4.83. The molecule has 1 radical (unpaired) electrons. The Hall–Kier alpha value is -1.39. The van der Waals surface area contributed by atoms with Crippen LogP contribution in [0.3, 0.4) is 0 Å². The van der Waals surface area contributed by atoms with Crippen molar-refractivity contribution in [2.75, 3.05) is 0 Å². The number of hydrogen-bond acceptors (Lipinski definition) is 3. The molecule has 1 aromatic heterocycles. The first kappa shape index (κ1) is 16.0. The molecule has 2 nitrogen and oxygen atoms in total. The van der Waals surface area contributed by atoms with Gasteiger partial charge >= 0.3 is 0 Å². The van der Waals surface area contributed by atoms with Gasteiger partial charge in [0.05, 0.1) is 6.04 Å². The molecule has 0 spiro atoms. The van der Waals surface area contributed by atoms with Crippen LogP contribution in [0.15, 0.2) is 41.4 Å². The second kappa shape index (κ2) is 7.57. The Morgan fingerprint density at radius 1 is 1.24 bits per heavy atom. The third-order valence-electron chi connectivity index (χ3n) is 3.10. The number of thiophene rings is 1. The molecule has 1 heterocycles. The number of hydrogen-bond donors (Lipinski definition) is 0. The summed E-state index contributed by atoms with van der Waals surface area (Å²) in [6.45, 7) is 8.55. The van der Waals surface area contributed by atoms with Crippen molar-refractivity contribution in [3.63, 3.8) is 0 Å². The van der Waals surface area contributed by atoms with Crippen molar-refractivity contribution in [1.82, 2.24) is 0 Å². The Morgan fingerprint density at radius 3 is 2.67 bits per heavy atom. The predicted molar refractivity (Wildman–Crippen MR) is 94.2 cm³/mol. The van der Waals surface area contributed by atoms with Gasteiger partial charge in [0.2, 0.25) is 0 Å². The molecular formula is C17H22NOSSi. The SMILES string of the molecule is Cc1ccc(CC=NC(C)c2ccccc2O[Si](C)C)s1. The normalized spacial score (nSPS) is 13.0. The van der Waals surface area contributed by atoms with Crippen LogP contribution < -0.4 is 4.43 Å². The van der Waals surface area contributed by atoms with Crippen LogP contribution in [-0.2, 0) is 6.42 Å². The van der Waals surface area contributed by atoms with Gasteiger partial charge in [0, 0.05) is 28.0 Å². The standard InChI is InChI=1S/C17H22NOSSi/c1-13-9-10-15(20-13)11-12-18-14(2)16-7-5-6-8-17(16)19-21(3)4/h5-10,12,14H,11H2,1-4H3. The molecule has 21 heavy (non-hydrogen) atoms. The van der Waals surface area contributed by atoms with Gasteiger partial charge < -0.3 is 4.43 Å². The van der Waals surface area contributed by atoms with Gasteiger partial charge in [-0.3, -0.25) is 4.99 Å². The van der Waals surface area contributed by atoms with E-state index in [4.69, 9.17) is 4.43 Å². The molecule has 0 aliphatic rings. The van der Waals surface area contributed by atoms with Gasteiger partial charge in [-0.05, 0) is 45.1 Å². The first-order valence-electron chi connectivity index (χ1n) is 7.20. The average molecular weight is 317 g/mol. The maximum absolute atomic E-state index is 5.96. The van der Waals surface area contributed by atoms with E-state index < -0.39 is 9.04 Å². The van der Waals surface area contributed by atoms with Crippen LogP contribution in [0.4, 0.5) is 0 Å². The number of para-hydroxylation sites is 1. The van der Waals surface area contributed by atoms with Gasteiger partial charge in [-0.1, -0.05) is 18.2 Å². The summed E-state index contributed by atoms with van der Waals surface area (Å²) in [6.07, 6.45) is 2.93. The van der Waals surface area contributed by atoms with Gasteiger partial charge in [0.25, 0.3) is 9.04 Å². The van der Waals surface area contributed by atoms with E-state index in [1.165, 1.54) is 15.3 Å². The summed E-state index contributed by atoms with van der Waals surface area (Å²) in [5, 5.41) is 0. The van der Waals surface area contributed by atoms with Gasteiger partial charge in [0.15, 0.2) is 0 Å². The van der Waals surface area contributed by atoms with Crippen LogP contribution in [-0.4, -0.2) is 15.3 Å². The van der Waals surface area contributed by atoms with Crippen LogP contribution in [0.2, 0.25) is 13.1 Å². The van der Waals surface area contributed by atoms with E-state index in [0.717, 1.165) is 12.2 Å². The van der Waals surface area contributed by atoms with E-state index in [0.29, 0.717) is 0 Å². The van der Waals surface area contributed by atoms with Crippen molar-refractivity contribution in [1.29, 1.82) is 0 Å². The second-order valence-corrected chi connectivity index (χ2v) is 8.67. The molecule has 0 aliphatic heterocycles. The molecule has 0 amide bonds. The lowest BCUT2D eigenvalue weighted by molar-refractivity contribution is 0.563. The zero-order valence-electron chi connectivity index (χ0n) is 13.1. The van der Waals surface area contributed by atoms with Crippen LogP contribution >= 0.6 is 11.3 Å². The predicted octanol–water partition coefficient (Wildman–Crippen LogP) is 5.06. The lowest BCUT2D eigenvalue weighted by Gasteiger charge is -2.15. The molecule has 0 aliphatic carbocycles. The average Bonchev–Trinajstić information content (AvgIpc) is 2.84. The summed E-state index contributed by atoms with van der Waals surface area (Å²) < 4.78 is 5.96. The highest BCUT2D eigenvalue weighted by atomic mass is 32.1. The number of aliphatic imine (C=N–C) groups is 1. The summed E-state index contributed by atoms with van der Waals surface area (Å²) in [6, 6.07) is 12.7. The molecule has 4 heteroatoms. The van der Waals surface area contributed by atoms with Crippen molar-refractivity contribution in [2.45, 2.75) is 39.4 Å². The zero-order chi connectivity index (χ0) is 15.2. The monoisotopic (exact) mass is 316 g/mol. The molecule has 111 valence electrons. The molecule has 0 fully saturated rings. The van der Waals surface area contributed by atoms with Crippen LogP contribution in [0.1, 0.15) is 28.3 Å². The molecule has 0 saturated heterocycles. The Labute approximate surface area is 133 Å². The number of benzene rings is 1. The number of rotatable bonds is 6. The first-order chi connectivity index (χ1) is 10.1. The van der Waals surface area contributed by atoms with E-state index in [1.807, 2.05) is 29.7 Å². The quantitative estimate of drug-likeness (QED) is 0.539. The highest BCUT2D eigenvalue weighted by molar-refractivity contribution is 7.12. The summed E-state index contributed by atoms with van der Waals surface area (Å²) in [5.41, 5.74) is 1.17. The Bertz CT molecular complexity index is 606. The fraction of sp³-hybridized carbons (Fsp3) is 0.353. The Balaban J connectivity index is 2.04. The fourth-order valence-electron chi connectivity index (χ4n) is 2.11. The van der Waals surface area contributed by atoms with Gasteiger partial charge in [0.1, 0.15) is 5.75 Å². The van der Waals surface area contributed by atoms with Crippen LogP contribution in [0.5, 0.6) is 5.75 Å². The topological polar surface area (TPSA) is 21.6 Å². The van der Waals surface area contributed by atoms with Gasteiger partial charge in [-0.2, -0.15) is 0 Å². The zero-order valence-corrected chi connectivity index (χ0v) is 14.9. The van der Waals surface area contributed by atoms with E-state index in [-0.39, 0.29) is 6.04 Å². The van der Waals surface area contributed by atoms with Gasteiger partial charge in [-0.15, -0.1) is 11.3 Å². The van der Waals surface area contributed by atoms with Crippen LogP contribution in [0, 0.1) is 6.92 Å². The summed E-state index contributed by atoms with van der Waals surface area (Å²) in [7, 11) is -0.752. The second-order valence-electron chi connectivity index (χ2n) is 5.27. The summed E-state index contributed by atoms with van der Waals surface area (Å²) >= 11 is 1.83. The third-order valence-corrected chi connectivity index (χ3v) is 4.75. The van der Waals surface area contributed by atoms with Crippen molar-refractivity contribution < 1.29 is 4.43 Å². The molecule has 0 N–H and O–H groups in total. The highest BCUT2D eigenvalue weighted by Crippen LogP contribution is 2.27. The highest BCUT2D eigenvalue weighted by Gasteiger charge is 2.11. The number of aryl methyl sites for hydroxylation is 1. The lowest BCUT2D eigenvalue weighted by atomic mass is 10.1. The van der Waals surface area contributed by atoms with E-state index in [2.05, 4.69) is 56.2 Å². The van der Waals surface area contributed by atoms with Crippen molar-refractivity contribution >= 4 is 26.6 Å². The lowest BCUT2D eigenvalue weighted by Crippen LogP contribution is -2.13. The molecule has 2 rings (SSSR count). The molecule has 2 aromatic rings. The minimum Gasteiger partial charge on any atom is -0.542 e. The van der Waals surface area contributed by atoms with Gasteiger partial charge in [-0.25, -0.2) is 0 Å². The van der Waals surface area contributed by atoms with Crippen molar-refractivity contribution in [3.8, 4) is 5.75 Å². The molecule has 0 saturated carbocycles. The summed E-state index contributed by atoms with van der Waals surface area (Å²) in [5.74, 6) is 0.980. The van der Waals surface area contributed by atoms with E-state index >= 15 is 0 Å². The first-order valence-corrected chi connectivity index (χ1v) is 10.4. The number of nitrogens with zero attached hydrogens (tertiary/aromatic N) is 1. The largest absolute Gasteiger partial charge is 0.542 e. The van der Waals surface area contributed by atoms with E-state index in [9.17, 15) is 0 Å². The fourth-order valence-corrected chi connectivity index (χ4v) is 3.58. The minimum absolute atomic E-state index is 0.128. The molecular weight excluding hydrogens is 294 g/mol. The molecule has 1 unspecified atom stereocenters. The molecule has 1 atom stereocenters. The van der Waals surface area contributed by atoms with Crippen molar-refractivity contribution in [2.24, 2.45) is 4.99 Å². The maximum atomic E-state index is 5.96.